The smallest absolute Gasteiger partial charge is 0.414 e. The van der Waals surface area contributed by atoms with Crippen molar-refractivity contribution in [1.82, 2.24) is 0 Å². The van der Waals surface area contributed by atoms with Gasteiger partial charge in [0.25, 0.3) is 10.1 Å². The van der Waals surface area contributed by atoms with Crippen LogP contribution in [0.2, 0.25) is 0 Å². The maximum atomic E-state index is 12.0. The molecule has 3 rings (SSSR count). The van der Waals surface area contributed by atoms with Gasteiger partial charge in [-0.3, -0.25) is 13.9 Å². The fraction of sp³-hybridized carbons (Fsp3) is 0.429. The standard InChI is InChI=1S/C14H16N2O6S2/c1-24(19,20)21-5-4-10-7-16(14(18)22-10)9-2-3-12-11(6-9)15-13(17)8-23-12/h2-3,6,10H,4-5,7-8H2,1H3,(H,15,17)/t10-/m1/s1. The van der Waals surface area contributed by atoms with E-state index in [0.717, 1.165) is 11.2 Å². The predicted molar refractivity (Wildman–Crippen MR) is 88.8 cm³/mol. The number of fused-ring (bicyclic) bond motifs is 1. The maximum Gasteiger partial charge on any atom is 0.414 e. The van der Waals surface area contributed by atoms with Crippen LogP contribution in [0.1, 0.15) is 6.42 Å². The van der Waals surface area contributed by atoms with Crippen LogP contribution in [0.4, 0.5) is 16.2 Å². The highest BCUT2D eigenvalue weighted by Crippen LogP contribution is 2.35. The lowest BCUT2D eigenvalue weighted by molar-refractivity contribution is -0.113. The summed E-state index contributed by atoms with van der Waals surface area (Å²) in [6, 6.07) is 5.37. The van der Waals surface area contributed by atoms with Crippen molar-refractivity contribution in [1.29, 1.82) is 0 Å². The molecule has 0 spiro atoms. The summed E-state index contributed by atoms with van der Waals surface area (Å²) in [6.45, 7) is 0.257. The minimum Gasteiger partial charge on any atom is -0.444 e. The van der Waals surface area contributed by atoms with Crippen molar-refractivity contribution in [3.8, 4) is 0 Å². The van der Waals surface area contributed by atoms with Crippen LogP contribution >= 0.6 is 11.8 Å². The summed E-state index contributed by atoms with van der Waals surface area (Å²) in [5, 5.41) is 2.78. The van der Waals surface area contributed by atoms with Gasteiger partial charge in [-0.05, 0) is 18.2 Å². The van der Waals surface area contributed by atoms with Crippen LogP contribution in [0.3, 0.4) is 0 Å². The summed E-state index contributed by atoms with van der Waals surface area (Å²) in [7, 11) is -3.51. The molecule has 2 aliphatic heterocycles. The highest BCUT2D eigenvalue weighted by molar-refractivity contribution is 8.00. The van der Waals surface area contributed by atoms with E-state index < -0.39 is 22.3 Å². The topological polar surface area (TPSA) is 102 Å². The molecule has 0 saturated carbocycles. The first-order valence-electron chi connectivity index (χ1n) is 7.21. The molecule has 130 valence electrons. The molecule has 24 heavy (non-hydrogen) atoms. The van der Waals surface area contributed by atoms with Gasteiger partial charge in [-0.25, -0.2) is 4.79 Å². The third-order valence-electron chi connectivity index (χ3n) is 3.52. The second-order valence-electron chi connectivity index (χ2n) is 5.45. The van der Waals surface area contributed by atoms with E-state index in [2.05, 4.69) is 9.50 Å². The largest absolute Gasteiger partial charge is 0.444 e. The average molecular weight is 372 g/mol. The Hall–Kier alpha value is -1.78. The maximum absolute atomic E-state index is 12.0. The zero-order valence-corrected chi connectivity index (χ0v) is 14.5. The van der Waals surface area contributed by atoms with Crippen LogP contribution in [-0.4, -0.2) is 51.7 Å². The Morgan fingerprint density at radius 1 is 1.42 bits per heavy atom. The molecule has 0 aliphatic carbocycles. The molecular weight excluding hydrogens is 356 g/mol. The van der Waals surface area contributed by atoms with E-state index in [0.29, 0.717) is 23.7 Å². The van der Waals surface area contributed by atoms with Crippen molar-refractivity contribution in [2.75, 3.05) is 35.4 Å². The van der Waals surface area contributed by atoms with Crippen LogP contribution in [0.5, 0.6) is 0 Å². The van der Waals surface area contributed by atoms with Crippen molar-refractivity contribution in [3.05, 3.63) is 18.2 Å². The normalized spacial score (nSPS) is 20.5. The van der Waals surface area contributed by atoms with Crippen LogP contribution in [-0.2, 0) is 23.8 Å². The third kappa shape index (κ3) is 4.00. The van der Waals surface area contributed by atoms with Gasteiger partial charge in [-0.1, -0.05) is 0 Å². The van der Waals surface area contributed by atoms with E-state index in [1.54, 1.807) is 12.1 Å². The van der Waals surface area contributed by atoms with Crippen molar-refractivity contribution < 1.29 is 26.9 Å². The first-order valence-corrected chi connectivity index (χ1v) is 10.0. The molecule has 10 heteroatoms. The summed E-state index contributed by atoms with van der Waals surface area (Å²) in [4.78, 5) is 25.9. The molecule has 0 radical (unpaired) electrons. The van der Waals surface area contributed by atoms with E-state index in [9.17, 15) is 18.0 Å². The number of carbonyl (C=O) groups is 2. The van der Waals surface area contributed by atoms with E-state index in [-0.39, 0.29) is 18.9 Å². The number of benzene rings is 1. The summed E-state index contributed by atoms with van der Waals surface area (Å²) < 4.78 is 31.8. The van der Waals surface area contributed by atoms with Crippen molar-refractivity contribution in [2.24, 2.45) is 0 Å². The molecule has 0 unspecified atom stereocenters. The summed E-state index contributed by atoms with van der Waals surface area (Å²) in [5.41, 5.74) is 1.29. The molecule has 1 aromatic carbocycles. The molecule has 0 bridgehead atoms. The molecule has 2 amide bonds. The van der Waals surface area contributed by atoms with Crippen LogP contribution in [0.25, 0.3) is 0 Å². The number of rotatable bonds is 5. The number of hydrogen-bond acceptors (Lipinski definition) is 7. The number of nitrogens with one attached hydrogen (secondary N) is 1. The lowest BCUT2D eigenvalue weighted by atomic mass is 10.2. The first-order chi connectivity index (χ1) is 11.3. The lowest BCUT2D eigenvalue weighted by Crippen LogP contribution is -2.25. The van der Waals surface area contributed by atoms with Crippen molar-refractivity contribution in [3.63, 3.8) is 0 Å². The van der Waals surface area contributed by atoms with E-state index >= 15 is 0 Å². The molecular formula is C14H16N2O6S2. The number of thioether (sulfide) groups is 1. The highest BCUT2D eigenvalue weighted by Gasteiger charge is 2.33. The quantitative estimate of drug-likeness (QED) is 0.780. The van der Waals surface area contributed by atoms with Crippen LogP contribution in [0.15, 0.2) is 23.1 Å². The van der Waals surface area contributed by atoms with Gasteiger partial charge in [-0.2, -0.15) is 8.42 Å². The minimum atomic E-state index is -3.51. The van der Waals surface area contributed by atoms with Gasteiger partial charge in [0.2, 0.25) is 5.91 Å². The van der Waals surface area contributed by atoms with Crippen molar-refractivity contribution >= 4 is 45.3 Å². The fourth-order valence-corrected chi connectivity index (χ4v) is 3.64. The Balaban J connectivity index is 1.66. The van der Waals surface area contributed by atoms with Gasteiger partial charge in [0.1, 0.15) is 6.10 Å². The molecule has 1 aromatic rings. The number of hydrogen-bond donors (Lipinski definition) is 1. The van der Waals surface area contributed by atoms with Gasteiger partial charge >= 0.3 is 6.09 Å². The molecule has 2 heterocycles. The Kier molecular flexibility index (Phi) is 4.70. The van der Waals surface area contributed by atoms with Crippen LogP contribution in [0, 0.1) is 0 Å². The van der Waals surface area contributed by atoms with E-state index in [1.807, 2.05) is 6.07 Å². The van der Waals surface area contributed by atoms with Gasteiger partial charge < -0.3 is 10.1 Å². The van der Waals surface area contributed by atoms with Gasteiger partial charge in [0.15, 0.2) is 0 Å². The number of nitrogens with zero attached hydrogens (tertiary/aromatic N) is 1. The molecule has 1 atom stereocenters. The Bertz CT molecular complexity index is 779. The predicted octanol–water partition coefficient (Wildman–Crippen LogP) is 1.42. The molecule has 1 saturated heterocycles. The van der Waals surface area contributed by atoms with Gasteiger partial charge in [0, 0.05) is 17.0 Å². The Morgan fingerprint density at radius 3 is 2.96 bits per heavy atom. The number of cyclic esters (lactones) is 1. The van der Waals surface area contributed by atoms with Gasteiger partial charge in [0.05, 0.1) is 30.8 Å². The second kappa shape index (κ2) is 6.61. The molecule has 1 N–H and O–H groups in total. The monoisotopic (exact) mass is 372 g/mol. The average Bonchev–Trinajstić information content (AvgIpc) is 2.86. The fourth-order valence-electron chi connectivity index (χ4n) is 2.45. The van der Waals surface area contributed by atoms with Crippen molar-refractivity contribution in [2.45, 2.75) is 17.4 Å². The summed E-state index contributed by atoms with van der Waals surface area (Å²) in [5.74, 6) is 0.296. The third-order valence-corrected chi connectivity index (χ3v) is 5.19. The molecule has 2 aliphatic rings. The summed E-state index contributed by atoms with van der Waals surface area (Å²) in [6.07, 6.45) is 0.306. The molecule has 1 fully saturated rings. The number of carbonyl (C=O) groups excluding carboxylic acids is 2. The number of ether oxygens (including phenoxy) is 1. The van der Waals surface area contributed by atoms with E-state index in [1.165, 1.54) is 16.7 Å². The summed E-state index contributed by atoms with van der Waals surface area (Å²) >= 11 is 1.44. The molecule has 0 aromatic heterocycles. The van der Waals surface area contributed by atoms with Gasteiger partial charge in [-0.15, -0.1) is 11.8 Å². The van der Waals surface area contributed by atoms with E-state index in [4.69, 9.17) is 4.74 Å². The Morgan fingerprint density at radius 2 is 2.21 bits per heavy atom. The number of anilines is 2. The Labute approximate surface area is 143 Å². The minimum absolute atomic E-state index is 0.0402. The SMILES string of the molecule is CS(=O)(=O)OCC[C@@H]1CN(c2ccc3c(c2)NC(=O)CS3)C(=O)O1. The number of amides is 2. The van der Waals surface area contributed by atoms with Crippen LogP contribution < -0.4 is 10.2 Å². The second-order valence-corrected chi connectivity index (χ2v) is 8.11. The zero-order chi connectivity index (χ0) is 17.3. The first kappa shape index (κ1) is 17.1. The zero-order valence-electron chi connectivity index (χ0n) is 12.9. The lowest BCUT2D eigenvalue weighted by Gasteiger charge is -2.19. The highest BCUT2D eigenvalue weighted by atomic mass is 32.2. The molecule has 8 nitrogen and oxygen atoms in total.